The second-order valence-electron chi connectivity index (χ2n) is 7.97. The van der Waals surface area contributed by atoms with Crippen LogP contribution in [0.4, 0.5) is 24.5 Å². The highest BCUT2D eigenvalue weighted by Gasteiger charge is 2.30. The van der Waals surface area contributed by atoms with Gasteiger partial charge >= 0.3 is 6.18 Å². The van der Waals surface area contributed by atoms with Gasteiger partial charge in [0.2, 0.25) is 5.91 Å². The van der Waals surface area contributed by atoms with Crippen LogP contribution < -0.4 is 16.2 Å². The zero-order chi connectivity index (χ0) is 24.3. The maximum Gasteiger partial charge on any atom is 0.416 e. The lowest BCUT2D eigenvalue weighted by Gasteiger charge is -2.15. The maximum absolute atomic E-state index is 13.3. The van der Waals surface area contributed by atoms with Gasteiger partial charge in [0.15, 0.2) is 0 Å². The van der Waals surface area contributed by atoms with Gasteiger partial charge in [0, 0.05) is 23.5 Å². The highest BCUT2D eigenvalue weighted by Crippen LogP contribution is 2.30. The number of nitrogens with one attached hydrogen (secondary N) is 2. The van der Waals surface area contributed by atoms with E-state index in [0.717, 1.165) is 28.8 Å². The van der Waals surface area contributed by atoms with Crippen molar-refractivity contribution in [2.24, 2.45) is 0 Å². The molecule has 2 N–H and O–H groups in total. The summed E-state index contributed by atoms with van der Waals surface area (Å²) in [6.45, 7) is 1.79. The molecule has 0 aliphatic carbocycles. The average Bonchev–Trinajstić information content (AvgIpc) is 2.80. The number of hydrogen-bond acceptors (Lipinski definition) is 3. The van der Waals surface area contributed by atoms with Crippen LogP contribution in [0.5, 0.6) is 0 Å². The predicted octanol–water partition coefficient (Wildman–Crippen LogP) is 5.58. The molecule has 0 aliphatic heterocycles. The van der Waals surface area contributed by atoms with Crippen molar-refractivity contribution in [2.45, 2.75) is 26.2 Å². The van der Waals surface area contributed by atoms with Gasteiger partial charge in [0.05, 0.1) is 11.1 Å². The van der Waals surface area contributed by atoms with E-state index in [4.69, 9.17) is 0 Å². The number of benzene rings is 3. The van der Waals surface area contributed by atoms with Gasteiger partial charge in [-0.05, 0) is 60.3 Å². The number of hydrogen-bond donors (Lipinski definition) is 2. The number of anilines is 2. The Morgan fingerprint density at radius 2 is 1.65 bits per heavy atom. The third-order valence-corrected chi connectivity index (χ3v) is 5.36. The smallest absolute Gasteiger partial charge is 0.381 e. The lowest BCUT2D eigenvalue weighted by atomic mass is 10.1. The summed E-state index contributed by atoms with van der Waals surface area (Å²) in [6, 6.07) is 21.2. The first-order chi connectivity index (χ1) is 16.2. The first-order valence-electron chi connectivity index (χ1n) is 10.6. The number of carbonyl (C=O) groups is 1. The molecular weight excluding hydrogens is 443 g/mol. The molecule has 0 aliphatic rings. The fourth-order valence-electron chi connectivity index (χ4n) is 3.70. The highest BCUT2D eigenvalue weighted by molar-refractivity contribution is 5.92. The van der Waals surface area contributed by atoms with E-state index in [0.29, 0.717) is 11.1 Å². The van der Waals surface area contributed by atoms with Gasteiger partial charge in [0.1, 0.15) is 6.54 Å². The quantitative estimate of drug-likeness (QED) is 0.391. The molecule has 34 heavy (non-hydrogen) atoms. The van der Waals surface area contributed by atoms with Crippen molar-refractivity contribution in [1.29, 1.82) is 0 Å². The first kappa shape index (κ1) is 23.1. The van der Waals surface area contributed by atoms with Gasteiger partial charge in [-0.3, -0.25) is 14.2 Å². The van der Waals surface area contributed by atoms with Gasteiger partial charge in [-0.25, -0.2) is 0 Å². The lowest BCUT2D eigenvalue weighted by molar-refractivity contribution is -0.137. The van der Waals surface area contributed by atoms with E-state index in [2.05, 4.69) is 10.6 Å². The molecule has 4 aromatic rings. The van der Waals surface area contributed by atoms with Crippen LogP contribution >= 0.6 is 0 Å². The fourth-order valence-corrected chi connectivity index (χ4v) is 3.70. The minimum Gasteiger partial charge on any atom is -0.381 e. The van der Waals surface area contributed by atoms with Gasteiger partial charge in [0.25, 0.3) is 5.56 Å². The maximum atomic E-state index is 13.3. The van der Waals surface area contributed by atoms with Crippen LogP contribution in [0.1, 0.15) is 16.7 Å². The van der Waals surface area contributed by atoms with Crippen molar-refractivity contribution in [2.75, 3.05) is 10.6 Å². The molecule has 0 fully saturated rings. The number of nitrogens with zero attached hydrogens (tertiary/aromatic N) is 1. The molecule has 1 heterocycles. The molecule has 4 rings (SSSR count). The van der Waals surface area contributed by atoms with Crippen molar-refractivity contribution < 1.29 is 18.0 Å². The molecular formula is C26H22F3N3O2. The summed E-state index contributed by atoms with van der Waals surface area (Å²) in [5, 5.41) is 6.45. The zero-order valence-corrected chi connectivity index (χ0v) is 18.3. The minimum atomic E-state index is -4.52. The molecule has 0 atom stereocenters. The molecule has 0 bridgehead atoms. The second kappa shape index (κ2) is 9.43. The number of rotatable bonds is 6. The van der Waals surface area contributed by atoms with E-state index in [1.165, 1.54) is 16.7 Å². The first-order valence-corrected chi connectivity index (χ1v) is 10.6. The molecule has 0 saturated carbocycles. The Kier molecular flexibility index (Phi) is 6.40. The van der Waals surface area contributed by atoms with Gasteiger partial charge in [-0.1, -0.05) is 36.4 Å². The average molecular weight is 465 g/mol. The lowest BCUT2D eigenvalue weighted by Crippen LogP contribution is -2.30. The normalized spacial score (nSPS) is 11.4. The van der Waals surface area contributed by atoms with Crippen molar-refractivity contribution in [3.05, 3.63) is 106 Å². The van der Waals surface area contributed by atoms with Crippen LogP contribution in [-0.2, 0) is 24.1 Å². The summed E-state index contributed by atoms with van der Waals surface area (Å²) in [5.41, 5.74) is 1.60. The number of halogens is 3. The predicted molar refractivity (Wildman–Crippen MR) is 127 cm³/mol. The van der Waals surface area contributed by atoms with Crippen LogP contribution in [0.3, 0.4) is 0 Å². The van der Waals surface area contributed by atoms with Crippen LogP contribution in [0.15, 0.2) is 83.7 Å². The van der Waals surface area contributed by atoms with Gasteiger partial charge < -0.3 is 10.6 Å². The molecule has 0 radical (unpaired) electrons. The Morgan fingerprint density at radius 3 is 2.38 bits per heavy atom. The topological polar surface area (TPSA) is 63.1 Å². The highest BCUT2D eigenvalue weighted by atomic mass is 19.4. The van der Waals surface area contributed by atoms with Crippen molar-refractivity contribution in [3.8, 4) is 0 Å². The fraction of sp³-hybridized carbons (Fsp3) is 0.154. The summed E-state index contributed by atoms with van der Waals surface area (Å²) in [7, 11) is 0. The van der Waals surface area contributed by atoms with Crippen LogP contribution in [-0.4, -0.2) is 10.5 Å². The van der Waals surface area contributed by atoms with E-state index >= 15 is 0 Å². The Bertz CT molecular complexity index is 1400. The summed E-state index contributed by atoms with van der Waals surface area (Å²) in [5.74, 6) is -0.600. The molecule has 174 valence electrons. The Balaban J connectivity index is 1.64. The van der Waals surface area contributed by atoms with E-state index in [9.17, 15) is 22.8 Å². The monoisotopic (exact) mass is 465 g/mol. The summed E-state index contributed by atoms with van der Waals surface area (Å²) in [6.07, 6.45) is -4.52. The third-order valence-electron chi connectivity index (χ3n) is 5.36. The summed E-state index contributed by atoms with van der Waals surface area (Å²) < 4.78 is 40.3. The van der Waals surface area contributed by atoms with E-state index in [-0.39, 0.29) is 24.3 Å². The molecule has 5 nitrogen and oxygen atoms in total. The summed E-state index contributed by atoms with van der Waals surface area (Å²) >= 11 is 0. The van der Waals surface area contributed by atoms with Crippen LogP contribution in [0.2, 0.25) is 0 Å². The molecule has 3 aromatic carbocycles. The largest absolute Gasteiger partial charge is 0.416 e. The molecule has 8 heteroatoms. The summed E-state index contributed by atoms with van der Waals surface area (Å²) in [4.78, 5) is 26.0. The Morgan fingerprint density at radius 1 is 0.912 bits per heavy atom. The van der Waals surface area contributed by atoms with E-state index in [1.807, 2.05) is 55.5 Å². The van der Waals surface area contributed by atoms with Crippen LogP contribution in [0, 0.1) is 6.92 Å². The van der Waals surface area contributed by atoms with Crippen molar-refractivity contribution in [1.82, 2.24) is 4.57 Å². The van der Waals surface area contributed by atoms with Crippen molar-refractivity contribution >= 4 is 28.2 Å². The van der Waals surface area contributed by atoms with Crippen LogP contribution in [0.25, 0.3) is 10.9 Å². The molecule has 1 amide bonds. The number of amides is 1. The van der Waals surface area contributed by atoms with Gasteiger partial charge in [-0.2, -0.15) is 13.2 Å². The molecule has 1 aromatic heterocycles. The van der Waals surface area contributed by atoms with Crippen molar-refractivity contribution in [3.63, 3.8) is 0 Å². The minimum absolute atomic E-state index is 0.00950. The van der Waals surface area contributed by atoms with E-state index < -0.39 is 17.6 Å². The number of alkyl halides is 3. The SMILES string of the molecule is Cc1ccc2cc(CNc3ccccc3)c(=O)n(CC(=O)Nc3cccc(C(F)(F)F)c3)c2c1. The standard InChI is InChI=1S/C26H22F3N3O2/c1-17-10-11-18-13-19(15-30-21-7-3-2-4-8-21)25(34)32(23(18)12-17)16-24(33)31-22-9-5-6-20(14-22)26(27,28)29/h2-14,30H,15-16H2,1H3,(H,31,33). The number of carbonyl (C=O) groups excluding carboxylic acids is 1. The molecule has 0 spiro atoms. The van der Waals surface area contributed by atoms with E-state index in [1.54, 1.807) is 6.07 Å². The second-order valence-corrected chi connectivity index (χ2v) is 7.97. The molecule has 0 unspecified atom stereocenters. The Labute approximate surface area is 193 Å². The number of para-hydroxylation sites is 1. The molecule has 0 saturated heterocycles. The Hall–Kier alpha value is -4.07. The number of aryl methyl sites for hydroxylation is 1. The number of fused-ring (bicyclic) bond motifs is 1. The number of pyridine rings is 1. The third kappa shape index (κ3) is 5.28. The zero-order valence-electron chi connectivity index (χ0n) is 18.3. The van der Waals surface area contributed by atoms with Gasteiger partial charge in [-0.15, -0.1) is 0 Å². The number of aromatic nitrogens is 1.